The van der Waals surface area contributed by atoms with Crippen LogP contribution in [0.3, 0.4) is 0 Å². The number of carbonyl (C=O) groups is 1. The highest BCUT2D eigenvalue weighted by atomic mass is 35.5. The number of benzene rings is 1. The Labute approximate surface area is 115 Å². The Morgan fingerprint density at radius 3 is 2.74 bits per heavy atom. The average molecular weight is 287 g/mol. The van der Waals surface area contributed by atoms with Crippen LogP contribution in [0.25, 0.3) is 0 Å². The second kappa shape index (κ2) is 7.06. The predicted molar refractivity (Wildman–Crippen MR) is 71.3 cm³/mol. The summed E-state index contributed by atoms with van der Waals surface area (Å²) in [6.07, 6.45) is 0.766. The summed E-state index contributed by atoms with van der Waals surface area (Å²) >= 11 is 5.83. The van der Waals surface area contributed by atoms with Crippen LogP contribution in [-0.2, 0) is 11.3 Å². The summed E-state index contributed by atoms with van der Waals surface area (Å²) in [5.74, 6) is -0.960. The van der Waals surface area contributed by atoms with Crippen LogP contribution < -0.4 is 0 Å². The van der Waals surface area contributed by atoms with E-state index in [1.54, 1.807) is 4.90 Å². The van der Waals surface area contributed by atoms with Crippen molar-refractivity contribution < 1.29 is 14.8 Å². The lowest BCUT2D eigenvalue weighted by Crippen LogP contribution is -2.30. The summed E-state index contributed by atoms with van der Waals surface area (Å²) in [5, 5.41) is 20.1. The highest BCUT2D eigenvalue weighted by molar-refractivity contribution is 6.30. The zero-order valence-corrected chi connectivity index (χ0v) is 11.3. The topological polar surface area (TPSA) is 83.7 Å². The molecule has 0 saturated heterocycles. The first-order chi connectivity index (χ1) is 8.93. The third-order valence-electron chi connectivity index (χ3n) is 2.53. The highest BCUT2D eigenvalue weighted by Gasteiger charge is 2.18. The molecular weight excluding hydrogens is 272 g/mol. The second-order valence-electron chi connectivity index (χ2n) is 4.13. The van der Waals surface area contributed by atoms with Crippen molar-refractivity contribution in [3.05, 3.63) is 38.9 Å². The lowest BCUT2D eigenvalue weighted by Gasteiger charge is -2.19. The zero-order valence-electron chi connectivity index (χ0n) is 10.5. The number of carboxylic acid groups (broad SMARTS) is 1. The Morgan fingerprint density at radius 2 is 2.21 bits per heavy atom. The molecule has 0 unspecified atom stereocenters. The molecule has 0 aliphatic carbocycles. The van der Waals surface area contributed by atoms with Gasteiger partial charge >= 0.3 is 5.97 Å². The molecule has 0 aromatic heterocycles. The summed E-state index contributed by atoms with van der Waals surface area (Å²) in [6, 6.07) is 4.29. The van der Waals surface area contributed by atoms with E-state index in [1.165, 1.54) is 18.2 Å². The monoisotopic (exact) mass is 286 g/mol. The molecule has 0 aliphatic rings. The van der Waals surface area contributed by atoms with E-state index in [0.29, 0.717) is 17.1 Å². The van der Waals surface area contributed by atoms with Gasteiger partial charge in [0.25, 0.3) is 5.69 Å². The normalized spacial score (nSPS) is 10.7. The van der Waals surface area contributed by atoms with Gasteiger partial charge in [-0.2, -0.15) is 0 Å². The molecule has 0 saturated carbocycles. The van der Waals surface area contributed by atoms with E-state index in [1.807, 2.05) is 6.92 Å². The number of halogens is 1. The third kappa shape index (κ3) is 4.84. The van der Waals surface area contributed by atoms with Crippen molar-refractivity contribution >= 4 is 23.3 Å². The maximum absolute atomic E-state index is 10.9. The molecule has 1 aromatic carbocycles. The standard InChI is InChI=1S/C12H15ClN2O4/c1-2-5-14(8-12(16)17)7-9-6-10(13)3-4-11(9)15(18)19/h3-4,6H,2,5,7-8H2,1H3,(H,16,17). The van der Waals surface area contributed by atoms with Crippen molar-refractivity contribution in [1.82, 2.24) is 4.90 Å². The fourth-order valence-corrected chi connectivity index (χ4v) is 2.02. The largest absolute Gasteiger partial charge is 0.480 e. The fourth-order valence-electron chi connectivity index (χ4n) is 1.82. The fraction of sp³-hybridized carbons (Fsp3) is 0.417. The van der Waals surface area contributed by atoms with Gasteiger partial charge in [-0.15, -0.1) is 0 Å². The number of nitro benzene ring substituents is 1. The lowest BCUT2D eigenvalue weighted by atomic mass is 10.1. The molecule has 1 rings (SSSR count). The van der Waals surface area contributed by atoms with Gasteiger partial charge in [-0.3, -0.25) is 19.8 Å². The van der Waals surface area contributed by atoms with Gasteiger partial charge in [0.1, 0.15) is 0 Å². The van der Waals surface area contributed by atoms with Crippen molar-refractivity contribution in [3.8, 4) is 0 Å². The Kier molecular flexibility index (Phi) is 5.72. The summed E-state index contributed by atoms with van der Waals surface area (Å²) in [4.78, 5) is 22.8. The van der Waals surface area contributed by atoms with Crippen LogP contribution in [0.15, 0.2) is 18.2 Å². The number of aliphatic carboxylic acids is 1. The molecule has 1 N–H and O–H groups in total. The molecule has 0 radical (unpaired) electrons. The zero-order chi connectivity index (χ0) is 14.4. The van der Waals surface area contributed by atoms with E-state index in [0.717, 1.165) is 6.42 Å². The van der Waals surface area contributed by atoms with Crippen LogP contribution in [0.2, 0.25) is 5.02 Å². The SMILES string of the molecule is CCCN(CC(=O)O)Cc1cc(Cl)ccc1[N+](=O)[O-]. The highest BCUT2D eigenvalue weighted by Crippen LogP contribution is 2.24. The van der Waals surface area contributed by atoms with Crippen LogP contribution >= 0.6 is 11.6 Å². The molecule has 19 heavy (non-hydrogen) atoms. The van der Waals surface area contributed by atoms with E-state index in [2.05, 4.69) is 0 Å². The van der Waals surface area contributed by atoms with Crippen molar-refractivity contribution in [1.29, 1.82) is 0 Å². The van der Waals surface area contributed by atoms with Gasteiger partial charge in [0, 0.05) is 23.2 Å². The lowest BCUT2D eigenvalue weighted by molar-refractivity contribution is -0.385. The molecule has 0 atom stereocenters. The van der Waals surface area contributed by atoms with Crippen LogP contribution in [0.4, 0.5) is 5.69 Å². The Bertz CT molecular complexity index is 479. The van der Waals surface area contributed by atoms with E-state index in [-0.39, 0.29) is 18.8 Å². The van der Waals surface area contributed by atoms with Crippen LogP contribution in [0, 0.1) is 10.1 Å². The molecule has 0 fully saturated rings. The van der Waals surface area contributed by atoms with Crippen molar-refractivity contribution in [3.63, 3.8) is 0 Å². The van der Waals surface area contributed by atoms with Crippen LogP contribution in [0.1, 0.15) is 18.9 Å². The van der Waals surface area contributed by atoms with Gasteiger partial charge in [-0.1, -0.05) is 18.5 Å². The molecule has 0 aliphatic heterocycles. The van der Waals surface area contributed by atoms with Crippen molar-refractivity contribution in [2.45, 2.75) is 19.9 Å². The van der Waals surface area contributed by atoms with Gasteiger partial charge in [0.15, 0.2) is 0 Å². The minimum atomic E-state index is -0.960. The molecule has 0 bridgehead atoms. The number of carboxylic acids is 1. The minimum absolute atomic E-state index is 0.0455. The maximum Gasteiger partial charge on any atom is 0.317 e. The molecule has 0 heterocycles. The van der Waals surface area contributed by atoms with E-state index in [4.69, 9.17) is 16.7 Å². The quantitative estimate of drug-likeness (QED) is 0.615. The Balaban J connectivity index is 2.96. The van der Waals surface area contributed by atoms with Crippen LogP contribution in [0.5, 0.6) is 0 Å². The molecule has 104 valence electrons. The van der Waals surface area contributed by atoms with Crippen molar-refractivity contribution in [2.24, 2.45) is 0 Å². The molecule has 7 heteroatoms. The molecule has 0 spiro atoms. The summed E-state index contributed by atoms with van der Waals surface area (Å²) in [5.41, 5.74) is 0.378. The Morgan fingerprint density at radius 1 is 1.53 bits per heavy atom. The van der Waals surface area contributed by atoms with Gasteiger partial charge in [0.05, 0.1) is 11.5 Å². The Hall–Kier alpha value is -1.66. The second-order valence-corrected chi connectivity index (χ2v) is 4.57. The van der Waals surface area contributed by atoms with Gasteiger partial charge in [-0.25, -0.2) is 0 Å². The van der Waals surface area contributed by atoms with Gasteiger partial charge < -0.3 is 5.11 Å². The molecule has 6 nitrogen and oxygen atoms in total. The summed E-state index contributed by atoms with van der Waals surface area (Å²) < 4.78 is 0. The van der Waals surface area contributed by atoms with E-state index >= 15 is 0 Å². The van der Waals surface area contributed by atoms with E-state index < -0.39 is 10.9 Å². The van der Waals surface area contributed by atoms with Gasteiger partial charge in [-0.05, 0) is 25.1 Å². The number of nitrogens with zero attached hydrogens (tertiary/aromatic N) is 2. The van der Waals surface area contributed by atoms with E-state index in [9.17, 15) is 14.9 Å². The molecule has 0 amide bonds. The smallest absolute Gasteiger partial charge is 0.317 e. The first kappa shape index (κ1) is 15.4. The number of rotatable bonds is 7. The number of hydrogen-bond donors (Lipinski definition) is 1. The number of hydrogen-bond acceptors (Lipinski definition) is 4. The third-order valence-corrected chi connectivity index (χ3v) is 2.77. The summed E-state index contributed by atoms with van der Waals surface area (Å²) in [7, 11) is 0. The predicted octanol–water partition coefficient (Wildman–Crippen LogP) is 2.54. The maximum atomic E-state index is 10.9. The van der Waals surface area contributed by atoms with Crippen LogP contribution in [-0.4, -0.2) is 34.0 Å². The average Bonchev–Trinajstić information content (AvgIpc) is 2.27. The number of nitro groups is 1. The minimum Gasteiger partial charge on any atom is -0.480 e. The molecular formula is C12H15ClN2O4. The van der Waals surface area contributed by atoms with Gasteiger partial charge in [0.2, 0.25) is 0 Å². The first-order valence-corrected chi connectivity index (χ1v) is 6.18. The summed E-state index contributed by atoms with van der Waals surface area (Å²) in [6.45, 7) is 2.51. The molecule has 1 aromatic rings. The first-order valence-electron chi connectivity index (χ1n) is 5.81. The van der Waals surface area contributed by atoms with Crippen molar-refractivity contribution in [2.75, 3.05) is 13.1 Å².